The summed E-state index contributed by atoms with van der Waals surface area (Å²) in [5.41, 5.74) is 1.01. The summed E-state index contributed by atoms with van der Waals surface area (Å²) in [6, 6.07) is 12.0. The molecule has 2 N–H and O–H groups in total. The van der Waals surface area contributed by atoms with Gasteiger partial charge in [-0.05, 0) is 68.1 Å². The molecule has 0 aromatic heterocycles. The summed E-state index contributed by atoms with van der Waals surface area (Å²) in [4.78, 5) is 24.5. The van der Waals surface area contributed by atoms with Crippen LogP contribution >= 0.6 is 0 Å². The Kier molecular flexibility index (Phi) is 7.54. The number of rotatable bonds is 9. The SMILES string of the molecule is COc1ccc(C(=O)NCCNC(=O)c2ccc(OC3CCCC3)c(OC)c2)cc1. The maximum absolute atomic E-state index is 12.4. The highest BCUT2D eigenvalue weighted by atomic mass is 16.5. The van der Waals surface area contributed by atoms with Gasteiger partial charge < -0.3 is 24.8 Å². The van der Waals surface area contributed by atoms with Crippen LogP contribution in [0, 0.1) is 0 Å². The van der Waals surface area contributed by atoms with Crippen molar-refractivity contribution in [2.45, 2.75) is 31.8 Å². The van der Waals surface area contributed by atoms with Crippen molar-refractivity contribution in [3.05, 3.63) is 53.6 Å². The van der Waals surface area contributed by atoms with E-state index in [0.717, 1.165) is 12.8 Å². The van der Waals surface area contributed by atoms with Gasteiger partial charge in [0.2, 0.25) is 0 Å². The number of nitrogens with one attached hydrogen (secondary N) is 2. The first-order valence-electron chi connectivity index (χ1n) is 10.2. The summed E-state index contributed by atoms with van der Waals surface area (Å²) < 4.78 is 16.5. The van der Waals surface area contributed by atoms with E-state index in [2.05, 4.69) is 10.6 Å². The standard InChI is InChI=1S/C23H28N2O5/c1-28-18-10-7-16(8-11-18)22(26)24-13-14-25-23(27)17-9-12-20(21(15-17)29-2)30-19-5-3-4-6-19/h7-12,15,19H,3-6,13-14H2,1-2H3,(H,24,26)(H,25,27). The summed E-state index contributed by atoms with van der Waals surface area (Å²) in [6.45, 7) is 0.625. The van der Waals surface area contributed by atoms with Crippen LogP contribution in [-0.2, 0) is 0 Å². The smallest absolute Gasteiger partial charge is 0.251 e. The van der Waals surface area contributed by atoms with E-state index in [-0.39, 0.29) is 17.9 Å². The zero-order valence-corrected chi connectivity index (χ0v) is 17.4. The third-order valence-corrected chi connectivity index (χ3v) is 5.07. The van der Waals surface area contributed by atoms with Crippen molar-refractivity contribution in [2.75, 3.05) is 27.3 Å². The molecule has 0 bridgehead atoms. The number of hydrogen-bond donors (Lipinski definition) is 2. The first kappa shape index (κ1) is 21.5. The van der Waals surface area contributed by atoms with Gasteiger partial charge in [-0.2, -0.15) is 0 Å². The van der Waals surface area contributed by atoms with E-state index in [1.807, 2.05) is 0 Å². The third kappa shape index (κ3) is 5.65. The zero-order chi connectivity index (χ0) is 21.3. The van der Waals surface area contributed by atoms with Gasteiger partial charge in [-0.3, -0.25) is 9.59 Å². The van der Waals surface area contributed by atoms with Crippen molar-refractivity contribution in [1.29, 1.82) is 0 Å². The van der Waals surface area contributed by atoms with E-state index in [4.69, 9.17) is 14.2 Å². The molecule has 1 aliphatic rings. The van der Waals surface area contributed by atoms with Gasteiger partial charge in [0.25, 0.3) is 11.8 Å². The number of carbonyl (C=O) groups is 2. The lowest BCUT2D eigenvalue weighted by molar-refractivity contribution is 0.0927. The number of benzene rings is 2. The molecule has 0 spiro atoms. The molecular weight excluding hydrogens is 384 g/mol. The molecule has 0 atom stereocenters. The molecule has 2 aromatic rings. The van der Waals surface area contributed by atoms with E-state index in [9.17, 15) is 9.59 Å². The molecular formula is C23H28N2O5. The van der Waals surface area contributed by atoms with Crippen LogP contribution < -0.4 is 24.8 Å². The van der Waals surface area contributed by atoms with Crippen molar-refractivity contribution in [3.63, 3.8) is 0 Å². The molecule has 1 saturated carbocycles. The first-order valence-corrected chi connectivity index (χ1v) is 10.2. The Morgan fingerprint density at radius 2 is 1.43 bits per heavy atom. The van der Waals surface area contributed by atoms with Crippen molar-refractivity contribution in [1.82, 2.24) is 10.6 Å². The van der Waals surface area contributed by atoms with Crippen molar-refractivity contribution >= 4 is 11.8 Å². The summed E-state index contributed by atoms with van der Waals surface area (Å²) in [6.07, 6.45) is 4.68. The third-order valence-electron chi connectivity index (χ3n) is 5.07. The summed E-state index contributed by atoms with van der Waals surface area (Å²) in [7, 11) is 3.14. The minimum absolute atomic E-state index is 0.206. The fourth-order valence-corrected chi connectivity index (χ4v) is 3.39. The van der Waals surface area contributed by atoms with Crippen LogP contribution in [0.15, 0.2) is 42.5 Å². The van der Waals surface area contributed by atoms with Crippen LogP contribution in [-0.4, -0.2) is 45.2 Å². The van der Waals surface area contributed by atoms with Crippen LogP contribution in [0.3, 0.4) is 0 Å². The molecule has 160 valence electrons. The minimum atomic E-state index is -0.237. The van der Waals surface area contributed by atoms with E-state index >= 15 is 0 Å². The van der Waals surface area contributed by atoms with Gasteiger partial charge in [0.15, 0.2) is 11.5 Å². The molecule has 7 heteroatoms. The topological polar surface area (TPSA) is 85.9 Å². The quantitative estimate of drug-likeness (QED) is 0.618. The summed E-state index contributed by atoms with van der Waals surface area (Å²) in [5, 5.41) is 5.57. The van der Waals surface area contributed by atoms with Gasteiger partial charge in [-0.15, -0.1) is 0 Å². The highest BCUT2D eigenvalue weighted by Crippen LogP contribution is 2.32. The van der Waals surface area contributed by atoms with Crippen molar-refractivity contribution < 1.29 is 23.8 Å². The minimum Gasteiger partial charge on any atom is -0.497 e. The molecule has 0 radical (unpaired) electrons. The fourth-order valence-electron chi connectivity index (χ4n) is 3.39. The van der Waals surface area contributed by atoms with Crippen LogP contribution in [0.5, 0.6) is 17.2 Å². The number of methoxy groups -OCH3 is 2. The molecule has 30 heavy (non-hydrogen) atoms. The molecule has 0 heterocycles. The van der Waals surface area contributed by atoms with E-state index in [0.29, 0.717) is 41.5 Å². The van der Waals surface area contributed by atoms with Crippen molar-refractivity contribution in [2.24, 2.45) is 0 Å². The molecule has 3 rings (SSSR count). The second-order valence-electron chi connectivity index (χ2n) is 7.13. The maximum Gasteiger partial charge on any atom is 0.251 e. The molecule has 1 aliphatic carbocycles. The Bertz CT molecular complexity index is 860. The fraction of sp³-hybridized carbons (Fsp3) is 0.391. The number of ether oxygens (including phenoxy) is 3. The Morgan fingerprint density at radius 1 is 0.833 bits per heavy atom. The lowest BCUT2D eigenvalue weighted by Gasteiger charge is -2.16. The Morgan fingerprint density at radius 3 is 2.03 bits per heavy atom. The maximum atomic E-state index is 12.4. The van der Waals surface area contributed by atoms with Gasteiger partial charge >= 0.3 is 0 Å². The van der Waals surface area contributed by atoms with E-state index in [1.54, 1.807) is 56.7 Å². The predicted molar refractivity (Wildman–Crippen MR) is 114 cm³/mol. The van der Waals surface area contributed by atoms with Crippen LogP contribution in [0.1, 0.15) is 46.4 Å². The lowest BCUT2D eigenvalue weighted by Crippen LogP contribution is -2.34. The number of amides is 2. The predicted octanol–water partition coefficient (Wildman–Crippen LogP) is 3.19. The second kappa shape index (κ2) is 10.5. The number of carbonyl (C=O) groups excluding carboxylic acids is 2. The van der Waals surface area contributed by atoms with E-state index in [1.165, 1.54) is 12.8 Å². The van der Waals surface area contributed by atoms with Crippen LogP contribution in [0.25, 0.3) is 0 Å². The molecule has 2 aromatic carbocycles. The molecule has 7 nitrogen and oxygen atoms in total. The van der Waals surface area contributed by atoms with Gasteiger partial charge in [0.05, 0.1) is 20.3 Å². The highest BCUT2D eigenvalue weighted by molar-refractivity contribution is 5.95. The first-order chi connectivity index (χ1) is 14.6. The van der Waals surface area contributed by atoms with Crippen LogP contribution in [0.4, 0.5) is 0 Å². The molecule has 0 saturated heterocycles. The normalized spacial score (nSPS) is 13.5. The molecule has 2 amide bonds. The highest BCUT2D eigenvalue weighted by Gasteiger charge is 2.19. The lowest BCUT2D eigenvalue weighted by atomic mass is 10.2. The summed E-state index contributed by atoms with van der Waals surface area (Å²) >= 11 is 0. The zero-order valence-electron chi connectivity index (χ0n) is 17.4. The van der Waals surface area contributed by atoms with Crippen molar-refractivity contribution in [3.8, 4) is 17.2 Å². The summed E-state index contributed by atoms with van der Waals surface area (Å²) in [5.74, 6) is 1.45. The molecule has 0 aliphatic heterocycles. The molecule has 1 fully saturated rings. The Balaban J connectivity index is 1.47. The largest absolute Gasteiger partial charge is 0.497 e. The average molecular weight is 412 g/mol. The second-order valence-corrected chi connectivity index (χ2v) is 7.13. The van der Waals surface area contributed by atoms with Gasteiger partial charge in [-0.25, -0.2) is 0 Å². The number of hydrogen-bond acceptors (Lipinski definition) is 5. The van der Waals surface area contributed by atoms with Crippen LogP contribution in [0.2, 0.25) is 0 Å². The Labute approximate surface area is 176 Å². The van der Waals surface area contributed by atoms with Gasteiger partial charge in [0.1, 0.15) is 5.75 Å². The Hall–Kier alpha value is -3.22. The monoisotopic (exact) mass is 412 g/mol. The van der Waals surface area contributed by atoms with Gasteiger partial charge in [-0.1, -0.05) is 0 Å². The van der Waals surface area contributed by atoms with E-state index < -0.39 is 0 Å². The molecule has 0 unspecified atom stereocenters. The average Bonchev–Trinajstić information content (AvgIpc) is 3.29. The van der Waals surface area contributed by atoms with Gasteiger partial charge in [0, 0.05) is 24.2 Å².